The maximum absolute atomic E-state index is 12.4. The normalized spacial score (nSPS) is 17.2. The summed E-state index contributed by atoms with van der Waals surface area (Å²) in [7, 11) is 0. The van der Waals surface area contributed by atoms with Crippen molar-refractivity contribution in [1.82, 2.24) is 10.6 Å². The standard InChI is InChI=1S/C23H24Cl2N2O4/c1-15-11-19(7-8-20(15)25)30-10-9-26-22(29)23(2)12-17(13-23)27-21(28)14-31-18-5-3-16(24)4-6-18/h3-8,11-12H,9-10,13-14H2,1-2H3,(H,26,29)(H,27,28). The zero-order valence-electron chi connectivity index (χ0n) is 17.3. The quantitative estimate of drug-likeness (QED) is 0.545. The fourth-order valence-electron chi connectivity index (χ4n) is 3.11. The third-order valence-electron chi connectivity index (χ3n) is 4.84. The summed E-state index contributed by atoms with van der Waals surface area (Å²) < 4.78 is 11.0. The van der Waals surface area contributed by atoms with E-state index in [1.165, 1.54) is 0 Å². The number of nitrogens with one attached hydrogen (secondary N) is 2. The topological polar surface area (TPSA) is 76.7 Å². The van der Waals surface area contributed by atoms with Crippen LogP contribution in [0.4, 0.5) is 0 Å². The van der Waals surface area contributed by atoms with Gasteiger partial charge in [0.2, 0.25) is 5.91 Å². The Kier molecular flexibility index (Phi) is 7.46. The summed E-state index contributed by atoms with van der Waals surface area (Å²) in [6.45, 7) is 4.33. The predicted octanol–water partition coefficient (Wildman–Crippen LogP) is 4.29. The Morgan fingerprint density at radius 3 is 2.42 bits per heavy atom. The smallest absolute Gasteiger partial charge is 0.262 e. The van der Waals surface area contributed by atoms with Gasteiger partial charge in [0.1, 0.15) is 18.1 Å². The van der Waals surface area contributed by atoms with E-state index in [4.69, 9.17) is 32.7 Å². The highest BCUT2D eigenvalue weighted by Gasteiger charge is 2.39. The van der Waals surface area contributed by atoms with E-state index in [1.807, 2.05) is 19.9 Å². The number of carbonyl (C=O) groups excluding carboxylic acids is 2. The highest BCUT2D eigenvalue weighted by atomic mass is 35.5. The van der Waals surface area contributed by atoms with Crippen LogP contribution in [-0.2, 0) is 9.59 Å². The van der Waals surface area contributed by atoms with Crippen LogP contribution in [0.15, 0.2) is 54.2 Å². The number of rotatable bonds is 9. The molecule has 164 valence electrons. The molecule has 6 nitrogen and oxygen atoms in total. The van der Waals surface area contributed by atoms with Gasteiger partial charge in [-0.1, -0.05) is 23.2 Å². The minimum atomic E-state index is -0.656. The minimum absolute atomic E-state index is 0.112. The maximum atomic E-state index is 12.4. The molecular formula is C23H24Cl2N2O4. The zero-order chi connectivity index (χ0) is 22.4. The molecule has 0 aromatic heterocycles. The van der Waals surface area contributed by atoms with Gasteiger partial charge >= 0.3 is 0 Å². The van der Waals surface area contributed by atoms with Crippen molar-refractivity contribution in [3.63, 3.8) is 0 Å². The van der Waals surface area contributed by atoms with Gasteiger partial charge in [-0.3, -0.25) is 9.59 Å². The number of amides is 2. The predicted molar refractivity (Wildman–Crippen MR) is 121 cm³/mol. The molecule has 3 rings (SSSR count). The molecule has 2 aromatic rings. The Balaban J connectivity index is 1.37. The highest BCUT2D eigenvalue weighted by Crippen LogP contribution is 2.37. The molecule has 1 aliphatic rings. The lowest BCUT2D eigenvalue weighted by molar-refractivity contribution is -0.129. The molecule has 0 fully saturated rings. The van der Waals surface area contributed by atoms with E-state index in [-0.39, 0.29) is 18.4 Å². The van der Waals surface area contributed by atoms with Gasteiger partial charge in [0.05, 0.1) is 12.0 Å². The molecule has 2 aromatic carbocycles. The maximum Gasteiger partial charge on any atom is 0.262 e. The molecule has 0 saturated carbocycles. The third-order valence-corrected chi connectivity index (χ3v) is 5.51. The van der Waals surface area contributed by atoms with E-state index in [0.29, 0.717) is 46.8 Å². The monoisotopic (exact) mass is 462 g/mol. The number of aryl methyl sites for hydroxylation is 1. The molecule has 1 unspecified atom stereocenters. The number of benzene rings is 2. The molecule has 1 atom stereocenters. The highest BCUT2D eigenvalue weighted by molar-refractivity contribution is 6.31. The minimum Gasteiger partial charge on any atom is -0.492 e. The summed E-state index contributed by atoms with van der Waals surface area (Å²) in [6.07, 6.45) is 2.20. The lowest BCUT2D eigenvalue weighted by Crippen LogP contribution is -2.46. The molecule has 2 N–H and O–H groups in total. The van der Waals surface area contributed by atoms with Gasteiger partial charge in [-0.15, -0.1) is 0 Å². The van der Waals surface area contributed by atoms with Crippen molar-refractivity contribution < 1.29 is 19.1 Å². The van der Waals surface area contributed by atoms with Gasteiger partial charge in [0.15, 0.2) is 6.61 Å². The fraction of sp³-hybridized carbons (Fsp3) is 0.304. The number of halogens is 2. The van der Waals surface area contributed by atoms with Crippen LogP contribution in [0.1, 0.15) is 18.9 Å². The van der Waals surface area contributed by atoms with Gasteiger partial charge in [0.25, 0.3) is 5.91 Å². The van der Waals surface area contributed by atoms with E-state index >= 15 is 0 Å². The fourth-order valence-corrected chi connectivity index (χ4v) is 3.36. The second-order valence-electron chi connectivity index (χ2n) is 7.57. The van der Waals surface area contributed by atoms with E-state index in [2.05, 4.69) is 10.6 Å². The number of carbonyl (C=O) groups is 2. The Hall–Kier alpha value is -2.70. The van der Waals surface area contributed by atoms with Crippen LogP contribution in [0.2, 0.25) is 10.0 Å². The number of hydrogen-bond acceptors (Lipinski definition) is 4. The first-order valence-corrected chi connectivity index (χ1v) is 10.6. The van der Waals surface area contributed by atoms with Crippen molar-refractivity contribution in [2.75, 3.05) is 19.8 Å². The molecule has 0 bridgehead atoms. The Bertz CT molecular complexity index is 992. The Labute approximate surface area is 191 Å². The summed E-state index contributed by atoms with van der Waals surface area (Å²) >= 11 is 11.8. The van der Waals surface area contributed by atoms with Gasteiger partial charge < -0.3 is 20.1 Å². The lowest BCUT2D eigenvalue weighted by atomic mass is 9.74. The average Bonchev–Trinajstić information content (AvgIpc) is 2.72. The molecule has 8 heteroatoms. The first-order valence-electron chi connectivity index (χ1n) is 9.82. The zero-order valence-corrected chi connectivity index (χ0v) is 18.8. The molecule has 0 radical (unpaired) electrons. The van der Waals surface area contributed by atoms with Gasteiger partial charge in [-0.25, -0.2) is 0 Å². The van der Waals surface area contributed by atoms with Crippen LogP contribution in [0.3, 0.4) is 0 Å². The summed E-state index contributed by atoms with van der Waals surface area (Å²) in [4.78, 5) is 24.5. The van der Waals surface area contributed by atoms with E-state index in [1.54, 1.807) is 42.5 Å². The van der Waals surface area contributed by atoms with Gasteiger partial charge in [0, 0.05) is 22.2 Å². The second-order valence-corrected chi connectivity index (χ2v) is 8.41. The molecule has 0 spiro atoms. The van der Waals surface area contributed by atoms with E-state index in [9.17, 15) is 9.59 Å². The lowest BCUT2D eigenvalue weighted by Gasteiger charge is -2.35. The first-order chi connectivity index (χ1) is 14.7. The molecule has 1 aliphatic carbocycles. The van der Waals surface area contributed by atoms with Crippen molar-refractivity contribution in [1.29, 1.82) is 0 Å². The van der Waals surface area contributed by atoms with Gasteiger partial charge in [-0.2, -0.15) is 0 Å². The largest absolute Gasteiger partial charge is 0.492 e. The molecule has 31 heavy (non-hydrogen) atoms. The molecule has 2 amide bonds. The molecule has 0 aliphatic heterocycles. The van der Waals surface area contributed by atoms with Crippen molar-refractivity contribution >= 4 is 35.0 Å². The van der Waals surface area contributed by atoms with E-state index < -0.39 is 5.41 Å². The summed E-state index contributed by atoms with van der Waals surface area (Å²) in [5, 5.41) is 6.91. The van der Waals surface area contributed by atoms with Crippen LogP contribution < -0.4 is 20.1 Å². The second kappa shape index (κ2) is 10.1. The summed E-state index contributed by atoms with van der Waals surface area (Å²) in [6, 6.07) is 12.2. The Morgan fingerprint density at radius 1 is 1.06 bits per heavy atom. The van der Waals surface area contributed by atoms with Crippen molar-refractivity contribution in [3.8, 4) is 11.5 Å². The molecule has 0 saturated heterocycles. The van der Waals surface area contributed by atoms with Crippen molar-refractivity contribution in [3.05, 3.63) is 69.8 Å². The van der Waals surface area contributed by atoms with Crippen LogP contribution in [0.25, 0.3) is 0 Å². The average molecular weight is 463 g/mol. The summed E-state index contributed by atoms with van der Waals surface area (Å²) in [5.74, 6) is 0.869. The van der Waals surface area contributed by atoms with Crippen LogP contribution in [-0.4, -0.2) is 31.6 Å². The number of hydrogen-bond donors (Lipinski definition) is 2. The third kappa shape index (κ3) is 6.39. The SMILES string of the molecule is Cc1cc(OCCNC(=O)C2(C)C=C(NC(=O)COc3ccc(Cl)cc3)C2)ccc1Cl. The first kappa shape index (κ1) is 23.0. The summed E-state index contributed by atoms with van der Waals surface area (Å²) in [5.41, 5.74) is 0.981. The van der Waals surface area contributed by atoms with Crippen LogP contribution >= 0.6 is 23.2 Å². The van der Waals surface area contributed by atoms with E-state index in [0.717, 1.165) is 5.56 Å². The number of allylic oxidation sites excluding steroid dienone is 1. The Morgan fingerprint density at radius 2 is 1.74 bits per heavy atom. The van der Waals surface area contributed by atoms with Crippen molar-refractivity contribution in [2.45, 2.75) is 20.3 Å². The molecular weight excluding hydrogens is 439 g/mol. The number of ether oxygens (including phenoxy) is 2. The van der Waals surface area contributed by atoms with Gasteiger partial charge in [-0.05, 0) is 68.0 Å². The van der Waals surface area contributed by atoms with Crippen LogP contribution in [0.5, 0.6) is 11.5 Å². The molecule has 0 heterocycles. The van der Waals surface area contributed by atoms with Crippen LogP contribution in [0, 0.1) is 12.3 Å². The van der Waals surface area contributed by atoms with Crippen molar-refractivity contribution in [2.24, 2.45) is 5.41 Å².